The molecule has 0 bridgehead atoms. The number of benzene rings is 4. The molecule has 1 aliphatic carbocycles. The van der Waals surface area contributed by atoms with Crippen molar-refractivity contribution in [3.05, 3.63) is 129 Å². The second-order valence-corrected chi connectivity index (χ2v) is 8.38. The summed E-state index contributed by atoms with van der Waals surface area (Å²) >= 11 is 0. The molecule has 0 spiro atoms. The molecule has 0 nitrogen and oxygen atoms in total. The van der Waals surface area contributed by atoms with Crippen LogP contribution in [0.3, 0.4) is 0 Å². The van der Waals surface area contributed by atoms with Gasteiger partial charge >= 0.3 is 0 Å². The molecule has 0 amide bonds. The largest absolute Gasteiger partial charge is 0.0718 e. The molecular formula is C29H26. The SMILES string of the molecule is Cc1ccc(C)c2c1-c1c(C)ccc(C)c1C2(c1ccccc1)c1ccccc1. The van der Waals surface area contributed by atoms with Crippen LogP contribution < -0.4 is 0 Å². The summed E-state index contributed by atoms with van der Waals surface area (Å²) in [5, 5.41) is 0. The maximum atomic E-state index is 2.30. The Labute approximate surface area is 173 Å². The first-order valence-corrected chi connectivity index (χ1v) is 10.4. The summed E-state index contributed by atoms with van der Waals surface area (Å²) in [6.07, 6.45) is 0. The summed E-state index contributed by atoms with van der Waals surface area (Å²) in [5.74, 6) is 0. The fraction of sp³-hybridized carbons (Fsp3) is 0.172. The van der Waals surface area contributed by atoms with Gasteiger partial charge in [0.25, 0.3) is 0 Å². The molecule has 29 heavy (non-hydrogen) atoms. The number of rotatable bonds is 2. The minimum Gasteiger partial charge on any atom is -0.0622 e. The minimum absolute atomic E-state index is 0.292. The number of fused-ring (bicyclic) bond motifs is 3. The second-order valence-electron chi connectivity index (χ2n) is 8.38. The zero-order valence-corrected chi connectivity index (χ0v) is 17.6. The molecule has 0 fully saturated rings. The fourth-order valence-corrected chi connectivity index (χ4v) is 5.48. The lowest BCUT2D eigenvalue weighted by atomic mass is 9.65. The summed E-state index contributed by atoms with van der Waals surface area (Å²) in [6.45, 7) is 9.07. The Morgan fingerprint density at radius 3 is 1.14 bits per heavy atom. The Bertz CT molecular complexity index is 1120. The molecule has 0 saturated heterocycles. The van der Waals surface area contributed by atoms with Gasteiger partial charge in [0, 0.05) is 0 Å². The molecule has 4 aromatic rings. The third kappa shape index (κ3) is 2.32. The highest BCUT2D eigenvalue weighted by atomic mass is 14.5. The topological polar surface area (TPSA) is 0 Å². The molecule has 4 aromatic carbocycles. The molecule has 1 aliphatic rings. The molecule has 5 rings (SSSR count). The molecular weight excluding hydrogens is 348 g/mol. The average molecular weight is 375 g/mol. The van der Waals surface area contributed by atoms with Crippen LogP contribution in [-0.4, -0.2) is 0 Å². The fourth-order valence-electron chi connectivity index (χ4n) is 5.48. The van der Waals surface area contributed by atoms with Crippen molar-refractivity contribution in [2.24, 2.45) is 0 Å². The van der Waals surface area contributed by atoms with Gasteiger partial charge in [-0.15, -0.1) is 0 Å². The summed E-state index contributed by atoms with van der Waals surface area (Å²) in [4.78, 5) is 0. The van der Waals surface area contributed by atoms with Gasteiger partial charge in [0.2, 0.25) is 0 Å². The van der Waals surface area contributed by atoms with Crippen molar-refractivity contribution in [1.29, 1.82) is 0 Å². The van der Waals surface area contributed by atoms with Gasteiger partial charge in [-0.3, -0.25) is 0 Å². The van der Waals surface area contributed by atoms with E-state index in [0.717, 1.165) is 0 Å². The van der Waals surface area contributed by atoms with Gasteiger partial charge in [0.15, 0.2) is 0 Å². The van der Waals surface area contributed by atoms with Gasteiger partial charge in [-0.25, -0.2) is 0 Å². The van der Waals surface area contributed by atoms with Crippen molar-refractivity contribution in [2.75, 3.05) is 0 Å². The van der Waals surface area contributed by atoms with Gasteiger partial charge in [-0.1, -0.05) is 84.9 Å². The van der Waals surface area contributed by atoms with E-state index in [9.17, 15) is 0 Å². The molecule has 0 N–H and O–H groups in total. The lowest BCUT2D eigenvalue weighted by Gasteiger charge is -2.36. The van der Waals surface area contributed by atoms with Gasteiger partial charge in [-0.05, 0) is 83.3 Å². The normalized spacial score (nSPS) is 13.8. The van der Waals surface area contributed by atoms with E-state index >= 15 is 0 Å². The van der Waals surface area contributed by atoms with Crippen LogP contribution in [0.1, 0.15) is 44.5 Å². The summed E-state index contributed by atoms with van der Waals surface area (Å²) in [6, 6.07) is 31.3. The van der Waals surface area contributed by atoms with E-state index in [-0.39, 0.29) is 5.41 Å². The lowest BCUT2D eigenvalue weighted by Crippen LogP contribution is -2.30. The maximum absolute atomic E-state index is 2.30. The first-order chi connectivity index (χ1) is 14.1. The van der Waals surface area contributed by atoms with Crippen molar-refractivity contribution in [1.82, 2.24) is 0 Å². The van der Waals surface area contributed by atoms with Crippen molar-refractivity contribution in [3.8, 4) is 11.1 Å². The Morgan fingerprint density at radius 2 is 0.759 bits per heavy atom. The van der Waals surface area contributed by atoms with Crippen LogP contribution in [0.2, 0.25) is 0 Å². The molecule has 0 aromatic heterocycles. The summed E-state index contributed by atoms with van der Waals surface area (Å²) < 4.78 is 0. The van der Waals surface area contributed by atoms with E-state index in [4.69, 9.17) is 0 Å². The lowest BCUT2D eigenvalue weighted by molar-refractivity contribution is 0.755. The van der Waals surface area contributed by atoms with E-state index in [1.165, 1.54) is 55.6 Å². The first kappa shape index (κ1) is 17.9. The monoisotopic (exact) mass is 374 g/mol. The minimum atomic E-state index is -0.292. The zero-order valence-electron chi connectivity index (χ0n) is 17.6. The molecule has 142 valence electrons. The van der Waals surface area contributed by atoms with E-state index in [1.54, 1.807) is 0 Å². The Kier molecular flexibility index (Phi) is 3.99. The van der Waals surface area contributed by atoms with Crippen molar-refractivity contribution in [2.45, 2.75) is 33.1 Å². The number of aryl methyl sites for hydroxylation is 4. The van der Waals surface area contributed by atoms with Crippen molar-refractivity contribution < 1.29 is 0 Å². The van der Waals surface area contributed by atoms with Crippen LogP contribution in [0.25, 0.3) is 11.1 Å². The van der Waals surface area contributed by atoms with Crippen LogP contribution in [0.4, 0.5) is 0 Å². The first-order valence-electron chi connectivity index (χ1n) is 10.4. The van der Waals surface area contributed by atoms with E-state index in [0.29, 0.717) is 0 Å². The predicted molar refractivity (Wildman–Crippen MR) is 123 cm³/mol. The Balaban J connectivity index is 2.09. The van der Waals surface area contributed by atoms with E-state index in [2.05, 4.69) is 113 Å². The van der Waals surface area contributed by atoms with Gasteiger partial charge < -0.3 is 0 Å². The van der Waals surface area contributed by atoms with Crippen LogP contribution in [-0.2, 0) is 5.41 Å². The third-order valence-corrected chi connectivity index (χ3v) is 6.66. The van der Waals surface area contributed by atoms with Crippen LogP contribution in [0, 0.1) is 27.7 Å². The van der Waals surface area contributed by atoms with Gasteiger partial charge in [0.05, 0.1) is 5.41 Å². The zero-order chi connectivity index (χ0) is 20.2. The van der Waals surface area contributed by atoms with Crippen LogP contribution >= 0.6 is 0 Å². The number of hydrogen-bond donors (Lipinski definition) is 0. The molecule has 0 heteroatoms. The molecule has 0 atom stereocenters. The number of hydrogen-bond acceptors (Lipinski definition) is 0. The molecule has 0 heterocycles. The molecule has 0 saturated carbocycles. The second kappa shape index (κ2) is 6.46. The van der Waals surface area contributed by atoms with Crippen LogP contribution in [0.5, 0.6) is 0 Å². The van der Waals surface area contributed by atoms with Crippen molar-refractivity contribution in [3.63, 3.8) is 0 Å². The standard InChI is InChI=1S/C29H26/c1-19-15-17-21(3)27-25(19)26-20(2)16-18-22(4)28(26)29(27,23-11-7-5-8-12-23)24-13-9-6-10-14-24/h5-18H,1-4H3. The summed E-state index contributed by atoms with van der Waals surface area (Å²) in [5.41, 5.74) is 13.6. The van der Waals surface area contributed by atoms with Crippen molar-refractivity contribution >= 4 is 0 Å². The highest BCUT2D eigenvalue weighted by Gasteiger charge is 2.48. The Morgan fingerprint density at radius 1 is 0.414 bits per heavy atom. The summed E-state index contributed by atoms with van der Waals surface area (Å²) in [7, 11) is 0. The highest BCUT2D eigenvalue weighted by molar-refractivity contribution is 5.91. The maximum Gasteiger partial charge on any atom is 0.0718 e. The smallest absolute Gasteiger partial charge is 0.0622 e. The van der Waals surface area contributed by atoms with E-state index in [1.807, 2.05) is 0 Å². The van der Waals surface area contributed by atoms with Crippen LogP contribution in [0.15, 0.2) is 84.9 Å². The predicted octanol–water partition coefficient (Wildman–Crippen LogP) is 7.28. The van der Waals surface area contributed by atoms with Gasteiger partial charge in [0.1, 0.15) is 0 Å². The molecule has 0 radical (unpaired) electrons. The highest BCUT2D eigenvalue weighted by Crippen LogP contribution is 2.59. The molecule has 0 aliphatic heterocycles. The van der Waals surface area contributed by atoms with E-state index < -0.39 is 0 Å². The quantitative estimate of drug-likeness (QED) is 0.304. The average Bonchev–Trinajstić information content (AvgIpc) is 3.10. The Hall–Kier alpha value is -3.12. The van der Waals surface area contributed by atoms with Gasteiger partial charge in [-0.2, -0.15) is 0 Å². The molecule has 0 unspecified atom stereocenters. The third-order valence-electron chi connectivity index (χ3n) is 6.66.